The lowest BCUT2D eigenvalue weighted by atomic mass is 10.1. The molecular weight excluding hydrogens is 475 g/mol. The molecule has 0 aliphatic carbocycles. The third-order valence-electron chi connectivity index (χ3n) is 5.28. The largest absolute Gasteiger partial charge is 0.452 e. The first kappa shape index (κ1) is 23.9. The highest BCUT2D eigenvalue weighted by Gasteiger charge is 2.32. The number of ether oxygens (including phenoxy) is 1. The Hall–Kier alpha value is -3.25. The van der Waals surface area contributed by atoms with Crippen LogP contribution < -0.4 is 0 Å². The Kier molecular flexibility index (Phi) is 6.71. The number of benzene rings is 2. The summed E-state index contributed by atoms with van der Waals surface area (Å²) in [5.41, 5.74) is -0.922. The Bertz CT molecular complexity index is 1280. The Morgan fingerprint density at radius 1 is 1.06 bits per heavy atom. The molecule has 0 bridgehead atoms. The van der Waals surface area contributed by atoms with Crippen LogP contribution >= 0.6 is 0 Å². The van der Waals surface area contributed by atoms with Crippen molar-refractivity contribution in [3.63, 3.8) is 0 Å². The Morgan fingerprint density at radius 2 is 1.79 bits per heavy atom. The molecule has 0 saturated carbocycles. The van der Waals surface area contributed by atoms with Crippen molar-refractivity contribution < 1.29 is 35.6 Å². The van der Waals surface area contributed by atoms with Gasteiger partial charge in [0, 0.05) is 18.7 Å². The highest BCUT2D eigenvalue weighted by atomic mass is 32.2. The highest BCUT2D eigenvalue weighted by molar-refractivity contribution is 7.89. The lowest BCUT2D eigenvalue weighted by Gasteiger charge is -2.26. The summed E-state index contributed by atoms with van der Waals surface area (Å²) < 4.78 is 76.4. The predicted molar refractivity (Wildman–Crippen MR) is 113 cm³/mol. The van der Waals surface area contributed by atoms with Crippen LogP contribution in [0.15, 0.2) is 57.9 Å². The van der Waals surface area contributed by atoms with Crippen LogP contribution in [-0.2, 0) is 27.5 Å². The summed E-state index contributed by atoms with van der Waals surface area (Å²) in [6, 6.07) is 10.1. The molecule has 3 aromatic rings. The molecule has 0 unspecified atom stereocenters. The minimum absolute atomic E-state index is 0.0779. The molecule has 1 aromatic heterocycles. The van der Waals surface area contributed by atoms with Crippen LogP contribution in [0.4, 0.5) is 13.2 Å². The van der Waals surface area contributed by atoms with Gasteiger partial charge in [0.15, 0.2) is 6.61 Å². The third kappa shape index (κ3) is 5.12. The molecule has 8 nitrogen and oxygen atoms in total. The quantitative estimate of drug-likeness (QED) is 0.470. The zero-order valence-corrected chi connectivity index (χ0v) is 18.6. The van der Waals surface area contributed by atoms with Crippen molar-refractivity contribution in [3.05, 3.63) is 65.5 Å². The molecule has 0 radical (unpaired) electrons. The first-order valence-electron chi connectivity index (χ1n) is 10.4. The number of esters is 1. The van der Waals surface area contributed by atoms with E-state index in [1.165, 1.54) is 40.7 Å². The van der Waals surface area contributed by atoms with Gasteiger partial charge in [0.1, 0.15) is 0 Å². The van der Waals surface area contributed by atoms with Crippen molar-refractivity contribution >= 4 is 16.0 Å². The van der Waals surface area contributed by atoms with Gasteiger partial charge in [0.2, 0.25) is 15.8 Å². The molecule has 4 rings (SSSR count). The second-order valence-electron chi connectivity index (χ2n) is 7.63. The number of carbonyl (C=O) groups excluding carboxylic acids is 1. The fraction of sp³-hybridized carbons (Fsp3) is 0.318. The number of hydrogen-bond donors (Lipinski definition) is 0. The molecule has 0 spiro atoms. The fourth-order valence-corrected chi connectivity index (χ4v) is 5.27. The summed E-state index contributed by atoms with van der Waals surface area (Å²) >= 11 is 0. The monoisotopic (exact) mass is 495 g/mol. The van der Waals surface area contributed by atoms with E-state index in [0.29, 0.717) is 13.1 Å². The number of hydrogen-bond acceptors (Lipinski definition) is 7. The molecule has 0 atom stereocenters. The number of halogens is 3. The molecule has 1 saturated heterocycles. The lowest BCUT2D eigenvalue weighted by Crippen LogP contribution is -2.36. The molecule has 1 fully saturated rings. The molecule has 2 heterocycles. The second kappa shape index (κ2) is 9.55. The van der Waals surface area contributed by atoms with E-state index in [9.17, 15) is 26.4 Å². The average molecular weight is 495 g/mol. The van der Waals surface area contributed by atoms with E-state index in [4.69, 9.17) is 9.26 Å². The van der Waals surface area contributed by atoms with Gasteiger partial charge in [0.05, 0.1) is 16.0 Å². The normalized spacial score (nSPS) is 15.3. The van der Waals surface area contributed by atoms with Crippen molar-refractivity contribution in [2.75, 3.05) is 13.1 Å². The zero-order valence-electron chi connectivity index (χ0n) is 17.8. The van der Waals surface area contributed by atoms with Gasteiger partial charge in [-0.1, -0.05) is 35.8 Å². The van der Waals surface area contributed by atoms with Gasteiger partial charge < -0.3 is 9.26 Å². The van der Waals surface area contributed by atoms with E-state index in [0.717, 1.165) is 31.4 Å². The summed E-state index contributed by atoms with van der Waals surface area (Å²) in [6.07, 6.45) is -2.09. The van der Waals surface area contributed by atoms with Gasteiger partial charge >= 0.3 is 12.1 Å². The highest BCUT2D eigenvalue weighted by Crippen LogP contribution is 2.31. The van der Waals surface area contributed by atoms with Crippen molar-refractivity contribution in [3.8, 4) is 11.4 Å². The summed E-state index contributed by atoms with van der Waals surface area (Å²) in [5.74, 6) is -1.17. The van der Waals surface area contributed by atoms with Crippen molar-refractivity contribution in [2.24, 2.45) is 0 Å². The maximum atomic E-state index is 13.0. The second-order valence-corrected chi connectivity index (χ2v) is 9.53. The maximum Gasteiger partial charge on any atom is 0.416 e. The molecule has 12 heteroatoms. The van der Waals surface area contributed by atoms with Gasteiger partial charge in [-0.05, 0) is 37.1 Å². The molecule has 1 aliphatic heterocycles. The minimum atomic E-state index is -4.53. The maximum absolute atomic E-state index is 13.0. The van der Waals surface area contributed by atoms with Crippen LogP contribution in [0.2, 0.25) is 0 Å². The fourth-order valence-electron chi connectivity index (χ4n) is 3.57. The van der Waals surface area contributed by atoms with Crippen LogP contribution in [0.1, 0.15) is 41.1 Å². The van der Waals surface area contributed by atoms with E-state index in [2.05, 4.69) is 10.1 Å². The standard InChI is InChI=1S/C22H20F3N3O5S/c23-22(24,25)16-8-6-7-15(13-16)20-26-19(33-27-20)14-32-21(29)17-9-2-3-10-18(17)34(30,31)28-11-4-1-5-12-28/h2-3,6-10,13H,1,4-5,11-12,14H2. The summed E-state index contributed by atoms with van der Waals surface area (Å²) in [5, 5.41) is 3.63. The van der Waals surface area contributed by atoms with Gasteiger partial charge in [-0.25, -0.2) is 13.2 Å². The molecule has 0 amide bonds. The van der Waals surface area contributed by atoms with E-state index >= 15 is 0 Å². The van der Waals surface area contributed by atoms with Gasteiger partial charge in [-0.3, -0.25) is 0 Å². The molecule has 34 heavy (non-hydrogen) atoms. The van der Waals surface area contributed by atoms with E-state index in [-0.39, 0.29) is 27.7 Å². The molecule has 1 aliphatic rings. The van der Waals surface area contributed by atoms with E-state index in [1.54, 1.807) is 0 Å². The average Bonchev–Trinajstić information content (AvgIpc) is 3.32. The minimum Gasteiger partial charge on any atom is -0.452 e. The Balaban J connectivity index is 1.48. The first-order valence-corrected chi connectivity index (χ1v) is 11.9. The van der Waals surface area contributed by atoms with Crippen molar-refractivity contribution in [1.82, 2.24) is 14.4 Å². The number of alkyl halides is 3. The molecular formula is C22H20F3N3O5S. The number of carbonyl (C=O) groups is 1. The van der Waals surface area contributed by atoms with Crippen LogP contribution in [0.5, 0.6) is 0 Å². The van der Waals surface area contributed by atoms with Gasteiger partial charge in [-0.15, -0.1) is 0 Å². The van der Waals surface area contributed by atoms with Gasteiger partial charge in [-0.2, -0.15) is 22.5 Å². The first-order chi connectivity index (χ1) is 16.2. The SMILES string of the molecule is O=C(OCc1nc(-c2cccc(C(F)(F)F)c2)no1)c1ccccc1S(=O)(=O)N1CCCCC1. The summed E-state index contributed by atoms with van der Waals surface area (Å²) in [6.45, 7) is 0.279. The Labute approximate surface area is 193 Å². The van der Waals surface area contributed by atoms with Crippen LogP contribution in [-0.4, -0.2) is 41.9 Å². The predicted octanol–water partition coefficient (Wildman–Crippen LogP) is 4.29. The van der Waals surface area contributed by atoms with Gasteiger partial charge in [0.25, 0.3) is 5.89 Å². The number of piperidine rings is 1. The lowest BCUT2D eigenvalue weighted by molar-refractivity contribution is -0.137. The zero-order chi connectivity index (χ0) is 24.3. The third-order valence-corrected chi connectivity index (χ3v) is 7.24. The van der Waals surface area contributed by atoms with Crippen LogP contribution in [0.25, 0.3) is 11.4 Å². The van der Waals surface area contributed by atoms with Crippen molar-refractivity contribution in [1.29, 1.82) is 0 Å². The van der Waals surface area contributed by atoms with E-state index in [1.807, 2.05) is 0 Å². The van der Waals surface area contributed by atoms with Crippen LogP contribution in [0, 0.1) is 0 Å². The Morgan fingerprint density at radius 3 is 2.53 bits per heavy atom. The number of nitrogens with zero attached hydrogens (tertiary/aromatic N) is 3. The topological polar surface area (TPSA) is 103 Å². The smallest absolute Gasteiger partial charge is 0.416 e. The summed E-state index contributed by atoms with van der Waals surface area (Å²) in [4.78, 5) is 16.5. The molecule has 2 aromatic carbocycles. The number of rotatable bonds is 6. The van der Waals surface area contributed by atoms with Crippen molar-refractivity contribution in [2.45, 2.75) is 36.9 Å². The molecule has 0 N–H and O–H groups in total. The summed E-state index contributed by atoms with van der Waals surface area (Å²) in [7, 11) is -3.88. The number of sulfonamides is 1. The van der Waals surface area contributed by atoms with Crippen LogP contribution in [0.3, 0.4) is 0 Å². The van der Waals surface area contributed by atoms with E-state index < -0.39 is 34.3 Å². The molecule has 180 valence electrons. The number of aromatic nitrogens is 2.